The molecule has 1 fully saturated rings. The Morgan fingerprint density at radius 1 is 1.24 bits per heavy atom. The second kappa shape index (κ2) is 9.40. The average Bonchev–Trinajstić information content (AvgIpc) is 2.52. The Morgan fingerprint density at radius 2 is 1.84 bits per heavy atom. The Morgan fingerprint density at radius 3 is 2.36 bits per heavy atom. The quantitative estimate of drug-likeness (QED) is 0.671. The summed E-state index contributed by atoms with van der Waals surface area (Å²) >= 11 is 5.78. The van der Waals surface area contributed by atoms with Gasteiger partial charge in [-0.15, -0.1) is 12.4 Å². The smallest absolute Gasteiger partial charge is 0.314 e. The Kier molecular flexibility index (Phi) is 8.45. The molecule has 2 rings (SSSR count). The van der Waals surface area contributed by atoms with Crippen LogP contribution >= 0.6 is 24.0 Å². The maximum atomic E-state index is 14.6. The van der Waals surface area contributed by atoms with Crippen LogP contribution in [0.2, 0.25) is 5.02 Å². The van der Waals surface area contributed by atoms with Crippen molar-refractivity contribution < 1.29 is 17.6 Å². The van der Waals surface area contributed by atoms with E-state index in [4.69, 9.17) is 11.6 Å². The van der Waals surface area contributed by atoms with E-state index >= 15 is 0 Å². The molecule has 0 saturated carbocycles. The average molecular weight is 403 g/mol. The molecule has 144 valence electrons. The lowest BCUT2D eigenvalue weighted by molar-refractivity contribution is -0.137. The summed E-state index contributed by atoms with van der Waals surface area (Å²) in [6.45, 7) is 6.80. The molecule has 2 atom stereocenters. The first-order valence-corrected chi connectivity index (χ1v) is 8.64. The second-order valence-electron chi connectivity index (χ2n) is 6.36. The number of hydrogen-bond acceptors (Lipinski definition) is 2. The van der Waals surface area contributed by atoms with E-state index in [1.54, 1.807) is 0 Å². The van der Waals surface area contributed by atoms with Gasteiger partial charge in [-0.05, 0) is 24.5 Å². The van der Waals surface area contributed by atoms with Crippen LogP contribution in [0.15, 0.2) is 12.1 Å². The molecule has 0 aromatic heterocycles. The Hall–Kier alpha value is -0.560. The van der Waals surface area contributed by atoms with Crippen molar-refractivity contribution in [3.05, 3.63) is 34.1 Å². The van der Waals surface area contributed by atoms with E-state index in [1.165, 1.54) is 0 Å². The normalized spacial score (nSPS) is 18.5. The summed E-state index contributed by atoms with van der Waals surface area (Å²) in [4.78, 5) is 2.06. The van der Waals surface area contributed by atoms with Gasteiger partial charge in [-0.1, -0.05) is 31.9 Å². The van der Waals surface area contributed by atoms with Crippen LogP contribution in [0, 0.1) is 11.7 Å². The predicted molar refractivity (Wildman–Crippen MR) is 94.9 cm³/mol. The molecule has 1 N–H and O–H groups in total. The van der Waals surface area contributed by atoms with Crippen molar-refractivity contribution >= 4 is 24.0 Å². The highest BCUT2D eigenvalue weighted by atomic mass is 35.5. The molecule has 0 radical (unpaired) electrons. The number of rotatable bonds is 5. The van der Waals surface area contributed by atoms with E-state index < -0.39 is 28.6 Å². The first-order chi connectivity index (χ1) is 11.3. The molecule has 0 spiro atoms. The van der Waals surface area contributed by atoms with Gasteiger partial charge in [0.2, 0.25) is 0 Å². The highest BCUT2D eigenvalue weighted by molar-refractivity contribution is 6.30. The maximum Gasteiger partial charge on any atom is 0.416 e. The van der Waals surface area contributed by atoms with Crippen molar-refractivity contribution in [3.63, 3.8) is 0 Å². The van der Waals surface area contributed by atoms with Gasteiger partial charge in [0.1, 0.15) is 5.82 Å². The number of piperazine rings is 1. The van der Waals surface area contributed by atoms with E-state index in [0.29, 0.717) is 19.2 Å². The lowest BCUT2D eigenvalue weighted by atomic mass is 9.88. The summed E-state index contributed by atoms with van der Waals surface area (Å²) in [6, 6.07) is 1.19. The van der Waals surface area contributed by atoms with E-state index in [-0.39, 0.29) is 23.9 Å². The molecule has 8 heteroatoms. The SMILES string of the molecule is CCCC(C)[C@H](c1cc(C(F)(F)F)cc(Cl)c1F)N1CCNCC1.Cl. The Bertz CT molecular complexity index is 560. The summed E-state index contributed by atoms with van der Waals surface area (Å²) in [5, 5.41) is 2.74. The van der Waals surface area contributed by atoms with Crippen LogP contribution in [0.3, 0.4) is 0 Å². The first-order valence-electron chi connectivity index (χ1n) is 8.26. The zero-order valence-corrected chi connectivity index (χ0v) is 15.9. The number of alkyl halides is 3. The van der Waals surface area contributed by atoms with Crippen LogP contribution in [-0.2, 0) is 6.18 Å². The number of nitrogens with one attached hydrogen (secondary N) is 1. The summed E-state index contributed by atoms with van der Waals surface area (Å²) in [5.41, 5.74) is -0.842. The van der Waals surface area contributed by atoms with Crippen molar-refractivity contribution in [2.24, 2.45) is 5.92 Å². The standard InChI is InChI=1S/C17H23ClF4N2.ClH/c1-3-4-11(2)16(24-7-5-23-6-8-24)13-9-12(17(20,21)22)10-14(18)15(13)19;/h9-11,16,23H,3-8H2,1-2H3;1H/t11?,16-;/m1./s1. The minimum absolute atomic E-state index is 0. The van der Waals surface area contributed by atoms with Gasteiger partial charge in [-0.3, -0.25) is 4.90 Å². The molecule has 2 nitrogen and oxygen atoms in total. The fourth-order valence-corrected chi connectivity index (χ4v) is 3.65. The van der Waals surface area contributed by atoms with Crippen LogP contribution in [0.4, 0.5) is 17.6 Å². The van der Waals surface area contributed by atoms with Gasteiger partial charge in [0.15, 0.2) is 0 Å². The minimum Gasteiger partial charge on any atom is -0.314 e. The molecule has 1 saturated heterocycles. The molecule has 0 aliphatic carbocycles. The first kappa shape index (κ1) is 22.5. The van der Waals surface area contributed by atoms with Crippen LogP contribution in [0.25, 0.3) is 0 Å². The molecule has 0 bridgehead atoms. The van der Waals surface area contributed by atoms with Crippen molar-refractivity contribution in [1.29, 1.82) is 0 Å². The third-order valence-corrected chi connectivity index (χ3v) is 4.81. The van der Waals surface area contributed by atoms with Crippen molar-refractivity contribution in [1.82, 2.24) is 10.2 Å². The van der Waals surface area contributed by atoms with Gasteiger partial charge in [-0.2, -0.15) is 13.2 Å². The number of nitrogens with zero attached hydrogens (tertiary/aromatic N) is 1. The molecular weight excluding hydrogens is 379 g/mol. The zero-order valence-electron chi connectivity index (χ0n) is 14.3. The van der Waals surface area contributed by atoms with Crippen LogP contribution in [-0.4, -0.2) is 31.1 Å². The summed E-state index contributed by atoms with van der Waals surface area (Å²) in [7, 11) is 0. The van der Waals surface area contributed by atoms with Crippen LogP contribution in [0.5, 0.6) is 0 Å². The number of benzene rings is 1. The summed E-state index contributed by atoms with van der Waals surface area (Å²) in [5.74, 6) is -0.710. The number of halogens is 6. The fraction of sp³-hybridized carbons (Fsp3) is 0.647. The summed E-state index contributed by atoms with van der Waals surface area (Å²) in [6.07, 6.45) is -2.85. The Labute approximate surface area is 157 Å². The lowest BCUT2D eigenvalue weighted by Crippen LogP contribution is -2.47. The van der Waals surface area contributed by atoms with E-state index in [2.05, 4.69) is 10.2 Å². The summed E-state index contributed by atoms with van der Waals surface area (Å²) < 4.78 is 54.0. The second-order valence-corrected chi connectivity index (χ2v) is 6.76. The van der Waals surface area contributed by atoms with Gasteiger partial charge in [-0.25, -0.2) is 4.39 Å². The van der Waals surface area contributed by atoms with Crippen molar-refractivity contribution in [3.8, 4) is 0 Å². The van der Waals surface area contributed by atoms with E-state index in [1.807, 2.05) is 13.8 Å². The highest BCUT2D eigenvalue weighted by Crippen LogP contribution is 2.39. The third-order valence-electron chi connectivity index (χ3n) is 4.53. The topological polar surface area (TPSA) is 15.3 Å². The van der Waals surface area contributed by atoms with Gasteiger partial charge in [0, 0.05) is 37.8 Å². The zero-order chi connectivity index (χ0) is 17.9. The van der Waals surface area contributed by atoms with Gasteiger partial charge >= 0.3 is 6.18 Å². The van der Waals surface area contributed by atoms with Crippen LogP contribution in [0.1, 0.15) is 43.9 Å². The maximum absolute atomic E-state index is 14.6. The van der Waals surface area contributed by atoms with Crippen molar-refractivity contribution in [2.45, 2.75) is 38.9 Å². The molecule has 1 aromatic carbocycles. The number of hydrogen-bond donors (Lipinski definition) is 1. The molecule has 1 heterocycles. The monoisotopic (exact) mass is 402 g/mol. The minimum atomic E-state index is -4.55. The fourth-order valence-electron chi connectivity index (χ4n) is 3.43. The molecular formula is C17H24Cl2F4N2. The molecule has 1 unspecified atom stereocenters. The van der Waals surface area contributed by atoms with Crippen molar-refractivity contribution in [2.75, 3.05) is 26.2 Å². The molecule has 25 heavy (non-hydrogen) atoms. The molecule has 1 aliphatic heterocycles. The lowest BCUT2D eigenvalue weighted by Gasteiger charge is -2.39. The van der Waals surface area contributed by atoms with E-state index in [0.717, 1.165) is 32.0 Å². The largest absolute Gasteiger partial charge is 0.416 e. The third kappa shape index (κ3) is 5.46. The molecule has 1 aromatic rings. The van der Waals surface area contributed by atoms with Gasteiger partial charge in [0.05, 0.1) is 10.6 Å². The molecule has 0 amide bonds. The van der Waals surface area contributed by atoms with Gasteiger partial charge < -0.3 is 5.32 Å². The van der Waals surface area contributed by atoms with Crippen LogP contribution < -0.4 is 5.32 Å². The predicted octanol–water partition coefficient (Wildman–Crippen LogP) is 5.30. The van der Waals surface area contributed by atoms with E-state index in [9.17, 15) is 17.6 Å². The highest BCUT2D eigenvalue weighted by Gasteiger charge is 2.36. The Balaban J connectivity index is 0.00000312. The van der Waals surface area contributed by atoms with Gasteiger partial charge in [0.25, 0.3) is 0 Å². The molecule has 1 aliphatic rings.